The van der Waals surface area contributed by atoms with E-state index in [1.54, 1.807) is 23.5 Å². The first-order chi connectivity index (χ1) is 14.9. The lowest BCUT2D eigenvalue weighted by atomic mass is 10.1. The third-order valence-corrected chi connectivity index (χ3v) is 7.20. The molecule has 2 atom stereocenters. The summed E-state index contributed by atoms with van der Waals surface area (Å²) in [6.07, 6.45) is 9.89. The number of carbonyl (C=O) groups excluding carboxylic acids is 2. The van der Waals surface area contributed by atoms with Gasteiger partial charge in [0.2, 0.25) is 6.10 Å². The summed E-state index contributed by atoms with van der Waals surface area (Å²) in [5.41, 5.74) is -1.04. The average molecular weight is 479 g/mol. The Morgan fingerprint density at radius 3 is 2.19 bits per heavy atom. The summed E-state index contributed by atoms with van der Waals surface area (Å²) < 4.78 is 10.9. The van der Waals surface area contributed by atoms with Crippen molar-refractivity contribution in [2.75, 3.05) is 23.9 Å². The average Bonchev–Trinajstić information content (AvgIpc) is 2.68. The van der Waals surface area contributed by atoms with Crippen molar-refractivity contribution in [3.63, 3.8) is 0 Å². The van der Waals surface area contributed by atoms with Gasteiger partial charge in [-0.2, -0.15) is 11.8 Å². The molecule has 0 N–H and O–H groups in total. The fraction of sp³-hybridized carbons (Fsp3) is 0.913. The highest BCUT2D eigenvalue weighted by Crippen LogP contribution is 2.31. The summed E-state index contributed by atoms with van der Waals surface area (Å²) in [7, 11) is 0. The highest BCUT2D eigenvalue weighted by molar-refractivity contribution is 7.99. The Balaban J connectivity index is 2.13. The van der Waals surface area contributed by atoms with Gasteiger partial charge in [-0.15, -0.1) is 11.8 Å². The van der Waals surface area contributed by atoms with E-state index in [1.807, 2.05) is 13.8 Å². The maximum Gasteiger partial charge on any atom is 0.343 e. The Morgan fingerprint density at radius 1 is 0.903 bits per heavy atom. The Hall–Kier alpha value is -0.440. The van der Waals surface area contributed by atoms with Crippen LogP contribution < -0.4 is 0 Å². The molecular weight excluding hydrogens is 436 g/mol. The van der Waals surface area contributed by atoms with Crippen LogP contribution in [0.25, 0.3) is 0 Å². The molecule has 1 rings (SSSR count). The highest BCUT2D eigenvalue weighted by Gasteiger charge is 2.44. The maximum atomic E-state index is 12.4. The second-order valence-corrected chi connectivity index (χ2v) is 10.9. The quantitative estimate of drug-likeness (QED) is 0.129. The molecule has 0 spiro atoms. The molecule has 0 radical (unpaired) electrons. The van der Waals surface area contributed by atoms with Crippen molar-refractivity contribution in [2.45, 2.75) is 109 Å². The molecule has 0 bridgehead atoms. The molecule has 1 saturated heterocycles. The zero-order valence-electron chi connectivity index (χ0n) is 19.8. The third-order valence-electron chi connectivity index (χ3n) is 4.95. The molecule has 0 aromatic heterocycles. The number of thioether (sulfide) groups is 2. The number of unbranched alkanes of at least 4 members (excludes halogenated alkanes) is 6. The van der Waals surface area contributed by atoms with Crippen LogP contribution in [-0.2, 0) is 28.8 Å². The van der Waals surface area contributed by atoms with Gasteiger partial charge >= 0.3 is 11.9 Å². The largest absolute Gasteiger partial charge is 0.465 e. The summed E-state index contributed by atoms with van der Waals surface area (Å²) in [6.45, 7) is 8.25. The number of carbonyl (C=O) groups is 2. The minimum Gasteiger partial charge on any atom is -0.465 e. The van der Waals surface area contributed by atoms with Crippen molar-refractivity contribution in [2.24, 2.45) is 0 Å². The Bertz CT molecular complexity index is 500. The van der Waals surface area contributed by atoms with Gasteiger partial charge in [0.1, 0.15) is 5.60 Å². The van der Waals surface area contributed by atoms with Crippen molar-refractivity contribution >= 4 is 35.5 Å². The Labute approximate surface area is 197 Å². The molecule has 0 amide bonds. The smallest absolute Gasteiger partial charge is 0.343 e. The molecule has 182 valence electrons. The molecule has 0 aromatic carbocycles. The topological polar surface area (TPSA) is 71.1 Å². The number of hydrogen-bond donors (Lipinski definition) is 0. The molecule has 8 heteroatoms. The standard InChI is InChI=1S/C23H42O6S2/c1-5-7-9-11-16-30-18-13-19(24)26-15-14-23(3,4)27-21(25)20-22(29-28-20)31-17-12-10-8-6-2/h20,22H,5-18H2,1-4H3. The fourth-order valence-corrected chi connectivity index (χ4v) is 4.86. The summed E-state index contributed by atoms with van der Waals surface area (Å²) in [5.74, 6) is 2.21. The predicted molar refractivity (Wildman–Crippen MR) is 128 cm³/mol. The number of esters is 2. The third kappa shape index (κ3) is 13.6. The van der Waals surface area contributed by atoms with Crippen molar-refractivity contribution in [1.29, 1.82) is 0 Å². The lowest BCUT2D eigenvalue weighted by Gasteiger charge is -2.35. The first-order valence-electron chi connectivity index (χ1n) is 11.8. The maximum absolute atomic E-state index is 12.4. The first kappa shape index (κ1) is 28.6. The van der Waals surface area contributed by atoms with Crippen LogP contribution in [0.3, 0.4) is 0 Å². The lowest BCUT2D eigenvalue weighted by molar-refractivity contribution is -0.429. The Morgan fingerprint density at radius 2 is 1.58 bits per heavy atom. The van der Waals surface area contributed by atoms with Gasteiger partial charge in [-0.3, -0.25) is 4.79 Å². The van der Waals surface area contributed by atoms with E-state index in [1.165, 1.54) is 44.9 Å². The van der Waals surface area contributed by atoms with Crippen molar-refractivity contribution in [3.8, 4) is 0 Å². The normalized spacial score (nSPS) is 18.5. The number of ether oxygens (including phenoxy) is 2. The van der Waals surface area contributed by atoms with Crippen LogP contribution in [0.1, 0.15) is 91.9 Å². The fourth-order valence-electron chi connectivity index (χ4n) is 2.90. The van der Waals surface area contributed by atoms with Crippen LogP contribution in [0.4, 0.5) is 0 Å². The lowest BCUT2D eigenvalue weighted by Crippen LogP contribution is -2.49. The summed E-state index contributed by atoms with van der Waals surface area (Å²) in [6, 6.07) is 0. The summed E-state index contributed by atoms with van der Waals surface area (Å²) in [5, 5.41) is 0. The van der Waals surface area contributed by atoms with E-state index in [-0.39, 0.29) is 18.0 Å². The van der Waals surface area contributed by atoms with E-state index >= 15 is 0 Å². The molecule has 1 heterocycles. The second kappa shape index (κ2) is 17.1. The van der Waals surface area contributed by atoms with Gasteiger partial charge in [0.25, 0.3) is 0 Å². The van der Waals surface area contributed by atoms with E-state index in [9.17, 15) is 9.59 Å². The summed E-state index contributed by atoms with van der Waals surface area (Å²) >= 11 is 3.40. The molecule has 6 nitrogen and oxygen atoms in total. The Kier molecular flexibility index (Phi) is 15.8. The van der Waals surface area contributed by atoms with Crippen LogP contribution in [0, 0.1) is 0 Å². The van der Waals surface area contributed by atoms with E-state index in [0.29, 0.717) is 12.8 Å². The molecule has 1 aliphatic rings. The number of rotatable bonds is 19. The van der Waals surface area contributed by atoms with Crippen LogP contribution in [0.5, 0.6) is 0 Å². The highest BCUT2D eigenvalue weighted by atomic mass is 32.2. The molecule has 1 fully saturated rings. The van der Waals surface area contributed by atoms with Crippen LogP contribution >= 0.6 is 23.5 Å². The van der Waals surface area contributed by atoms with Crippen molar-refractivity contribution < 1.29 is 28.8 Å². The summed E-state index contributed by atoms with van der Waals surface area (Å²) in [4.78, 5) is 34.3. The molecular formula is C23H42O6S2. The minimum absolute atomic E-state index is 0.196. The SMILES string of the molecule is CCCCCCSCCC(=O)OCCC(C)(C)OC(=O)C1OOC1SCCCCCC. The molecule has 2 unspecified atom stereocenters. The monoisotopic (exact) mass is 478 g/mol. The van der Waals surface area contributed by atoms with Gasteiger partial charge in [-0.05, 0) is 38.2 Å². The number of hydrogen-bond acceptors (Lipinski definition) is 8. The van der Waals surface area contributed by atoms with Crippen LogP contribution in [0.15, 0.2) is 0 Å². The van der Waals surface area contributed by atoms with Gasteiger partial charge in [0, 0.05) is 12.2 Å². The molecule has 1 aliphatic heterocycles. The zero-order valence-corrected chi connectivity index (χ0v) is 21.5. The van der Waals surface area contributed by atoms with Gasteiger partial charge in [-0.25, -0.2) is 14.6 Å². The van der Waals surface area contributed by atoms with E-state index in [4.69, 9.17) is 19.2 Å². The molecule has 0 aromatic rings. The molecule has 31 heavy (non-hydrogen) atoms. The molecule has 0 aliphatic carbocycles. The predicted octanol–water partition coefficient (Wildman–Crippen LogP) is 5.92. The van der Waals surface area contributed by atoms with Crippen molar-refractivity contribution in [1.82, 2.24) is 0 Å². The molecule has 0 saturated carbocycles. The van der Waals surface area contributed by atoms with Gasteiger partial charge < -0.3 is 9.47 Å². The minimum atomic E-state index is -0.735. The van der Waals surface area contributed by atoms with Gasteiger partial charge in [0.15, 0.2) is 5.44 Å². The second-order valence-electron chi connectivity index (χ2n) is 8.49. The van der Waals surface area contributed by atoms with Crippen LogP contribution in [0.2, 0.25) is 0 Å². The van der Waals surface area contributed by atoms with Crippen molar-refractivity contribution in [3.05, 3.63) is 0 Å². The first-order valence-corrected chi connectivity index (χ1v) is 14.0. The van der Waals surface area contributed by atoms with E-state index < -0.39 is 17.7 Å². The zero-order chi connectivity index (χ0) is 23.0. The van der Waals surface area contributed by atoms with E-state index in [0.717, 1.165) is 23.7 Å². The van der Waals surface area contributed by atoms with Crippen LogP contribution in [-0.4, -0.2) is 52.9 Å². The van der Waals surface area contributed by atoms with E-state index in [2.05, 4.69) is 13.8 Å². The van der Waals surface area contributed by atoms with Gasteiger partial charge in [-0.1, -0.05) is 52.4 Å². The van der Waals surface area contributed by atoms with Gasteiger partial charge in [0.05, 0.1) is 13.0 Å².